The molecular weight excluding hydrogens is 186 g/mol. The van der Waals surface area contributed by atoms with Crippen LogP contribution < -0.4 is 0 Å². The maximum absolute atomic E-state index is 4.60. The normalized spacial score (nSPS) is 17.6. The van der Waals surface area contributed by atoms with Gasteiger partial charge in [0.15, 0.2) is 0 Å². The molecule has 1 fully saturated rings. The van der Waals surface area contributed by atoms with E-state index in [1.807, 2.05) is 6.20 Å². The fourth-order valence-corrected chi connectivity index (χ4v) is 2.23. The average Bonchev–Trinajstić information content (AvgIpc) is 2.87. The summed E-state index contributed by atoms with van der Waals surface area (Å²) < 4.78 is 0. The SMILES string of the molecule is c1cc2ccc(CN3CCCC3)nc2[nH]1. The van der Waals surface area contributed by atoms with Gasteiger partial charge in [0.05, 0.1) is 5.69 Å². The van der Waals surface area contributed by atoms with Crippen molar-refractivity contribution in [2.45, 2.75) is 19.4 Å². The summed E-state index contributed by atoms with van der Waals surface area (Å²) in [6.07, 6.45) is 4.62. The van der Waals surface area contributed by atoms with Crippen molar-refractivity contribution in [2.24, 2.45) is 0 Å². The van der Waals surface area contributed by atoms with Crippen LogP contribution in [0.4, 0.5) is 0 Å². The Labute approximate surface area is 89.1 Å². The molecule has 0 bridgehead atoms. The first-order valence-electron chi connectivity index (χ1n) is 5.57. The Morgan fingerprint density at radius 3 is 2.93 bits per heavy atom. The molecule has 3 nitrogen and oxygen atoms in total. The molecule has 3 rings (SSSR count). The number of likely N-dealkylation sites (tertiary alicyclic amines) is 1. The quantitative estimate of drug-likeness (QED) is 0.807. The number of nitrogens with one attached hydrogen (secondary N) is 1. The highest BCUT2D eigenvalue weighted by molar-refractivity contribution is 5.75. The lowest BCUT2D eigenvalue weighted by atomic mass is 10.3. The van der Waals surface area contributed by atoms with E-state index in [9.17, 15) is 0 Å². The van der Waals surface area contributed by atoms with Crippen molar-refractivity contribution < 1.29 is 0 Å². The molecule has 1 saturated heterocycles. The summed E-state index contributed by atoms with van der Waals surface area (Å²) in [5.41, 5.74) is 2.18. The third-order valence-electron chi connectivity index (χ3n) is 3.05. The molecule has 1 aliphatic heterocycles. The Morgan fingerprint density at radius 1 is 1.20 bits per heavy atom. The van der Waals surface area contributed by atoms with Crippen molar-refractivity contribution in [2.75, 3.05) is 13.1 Å². The maximum atomic E-state index is 4.60. The van der Waals surface area contributed by atoms with Crippen LogP contribution in [0.3, 0.4) is 0 Å². The lowest BCUT2D eigenvalue weighted by Crippen LogP contribution is -2.18. The number of H-pyrrole nitrogens is 1. The number of rotatable bonds is 2. The first kappa shape index (κ1) is 8.92. The van der Waals surface area contributed by atoms with Crippen LogP contribution in [0, 0.1) is 0 Å². The van der Waals surface area contributed by atoms with E-state index in [-0.39, 0.29) is 0 Å². The molecule has 15 heavy (non-hydrogen) atoms. The molecule has 0 radical (unpaired) electrons. The van der Waals surface area contributed by atoms with Crippen molar-refractivity contribution in [3.8, 4) is 0 Å². The van der Waals surface area contributed by atoms with E-state index in [0.29, 0.717) is 0 Å². The summed E-state index contributed by atoms with van der Waals surface area (Å²) in [5.74, 6) is 0. The van der Waals surface area contributed by atoms with Gasteiger partial charge in [-0.3, -0.25) is 4.90 Å². The molecule has 0 atom stereocenters. The Morgan fingerprint density at radius 2 is 2.07 bits per heavy atom. The minimum atomic E-state index is 0.995. The van der Waals surface area contributed by atoms with Gasteiger partial charge < -0.3 is 4.98 Å². The van der Waals surface area contributed by atoms with E-state index in [2.05, 4.69) is 33.1 Å². The average molecular weight is 201 g/mol. The zero-order valence-electron chi connectivity index (χ0n) is 8.74. The second-order valence-corrected chi connectivity index (χ2v) is 4.20. The van der Waals surface area contributed by atoms with E-state index in [1.165, 1.54) is 37.0 Å². The summed E-state index contributed by atoms with van der Waals surface area (Å²) in [5, 5.41) is 1.19. The molecule has 0 saturated carbocycles. The van der Waals surface area contributed by atoms with Crippen LogP contribution in [0.5, 0.6) is 0 Å². The highest BCUT2D eigenvalue weighted by atomic mass is 15.1. The summed E-state index contributed by atoms with van der Waals surface area (Å²) in [7, 11) is 0. The van der Waals surface area contributed by atoms with Crippen LogP contribution in [-0.2, 0) is 6.54 Å². The number of aromatic nitrogens is 2. The zero-order chi connectivity index (χ0) is 10.1. The van der Waals surface area contributed by atoms with E-state index >= 15 is 0 Å². The second-order valence-electron chi connectivity index (χ2n) is 4.20. The number of pyridine rings is 1. The molecule has 78 valence electrons. The third-order valence-corrected chi connectivity index (χ3v) is 3.05. The van der Waals surface area contributed by atoms with E-state index < -0.39 is 0 Å². The molecular formula is C12H15N3. The van der Waals surface area contributed by atoms with Gasteiger partial charge in [-0.25, -0.2) is 4.98 Å². The van der Waals surface area contributed by atoms with Gasteiger partial charge >= 0.3 is 0 Å². The number of hydrogen-bond acceptors (Lipinski definition) is 2. The standard InChI is InChI=1S/C12H15N3/c1-2-8-15(7-1)9-11-4-3-10-5-6-13-12(10)14-11/h3-6H,1-2,7-9H2,(H,13,14). The highest BCUT2D eigenvalue weighted by Gasteiger charge is 2.12. The molecule has 3 heteroatoms. The van der Waals surface area contributed by atoms with Crippen molar-refractivity contribution in [3.63, 3.8) is 0 Å². The van der Waals surface area contributed by atoms with Crippen molar-refractivity contribution >= 4 is 11.0 Å². The summed E-state index contributed by atoms with van der Waals surface area (Å²) in [6.45, 7) is 3.45. The van der Waals surface area contributed by atoms with Crippen LogP contribution in [-0.4, -0.2) is 28.0 Å². The molecule has 1 N–H and O–H groups in total. The first-order valence-corrected chi connectivity index (χ1v) is 5.57. The number of nitrogens with zero attached hydrogens (tertiary/aromatic N) is 2. The third kappa shape index (κ3) is 1.75. The molecule has 1 aliphatic rings. The van der Waals surface area contributed by atoms with Gasteiger partial charge in [0.2, 0.25) is 0 Å². The van der Waals surface area contributed by atoms with Gasteiger partial charge in [-0.15, -0.1) is 0 Å². The number of hydrogen-bond donors (Lipinski definition) is 1. The van der Waals surface area contributed by atoms with Gasteiger partial charge in [0.25, 0.3) is 0 Å². The summed E-state index contributed by atoms with van der Waals surface area (Å²) >= 11 is 0. The van der Waals surface area contributed by atoms with Gasteiger partial charge in [0, 0.05) is 18.1 Å². The van der Waals surface area contributed by atoms with Gasteiger partial charge in [0.1, 0.15) is 5.65 Å². The van der Waals surface area contributed by atoms with Crippen LogP contribution in [0.2, 0.25) is 0 Å². The summed E-state index contributed by atoms with van der Waals surface area (Å²) in [6, 6.07) is 6.33. The predicted octanol–water partition coefficient (Wildman–Crippen LogP) is 2.16. The Balaban J connectivity index is 1.84. The fourth-order valence-electron chi connectivity index (χ4n) is 2.23. The van der Waals surface area contributed by atoms with Crippen LogP contribution in [0.1, 0.15) is 18.5 Å². The van der Waals surface area contributed by atoms with Crippen LogP contribution >= 0.6 is 0 Å². The predicted molar refractivity (Wildman–Crippen MR) is 60.6 cm³/mol. The van der Waals surface area contributed by atoms with Crippen molar-refractivity contribution in [1.29, 1.82) is 0 Å². The van der Waals surface area contributed by atoms with Gasteiger partial charge in [-0.2, -0.15) is 0 Å². The molecule has 3 heterocycles. The second kappa shape index (κ2) is 3.66. The number of fused-ring (bicyclic) bond motifs is 1. The molecule has 2 aromatic rings. The Kier molecular flexibility index (Phi) is 2.18. The van der Waals surface area contributed by atoms with E-state index in [0.717, 1.165) is 12.2 Å². The monoisotopic (exact) mass is 201 g/mol. The lowest BCUT2D eigenvalue weighted by molar-refractivity contribution is 0.327. The minimum Gasteiger partial charge on any atom is -0.346 e. The van der Waals surface area contributed by atoms with E-state index in [4.69, 9.17) is 0 Å². The van der Waals surface area contributed by atoms with Crippen LogP contribution in [0.15, 0.2) is 24.4 Å². The van der Waals surface area contributed by atoms with Crippen molar-refractivity contribution in [1.82, 2.24) is 14.9 Å². The smallest absolute Gasteiger partial charge is 0.137 e. The summed E-state index contributed by atoms with van der Waals surface area (Å²) in [4.78, 5) is 10.2. The molecule has 0 unspecified atom stereocenters. The number of aromatic amines is 1. The topological polar surface area (TPSA) is 31.9 Å². The molecule has 0 aliphatic carbocycles. The molecule has 2 aromatic heterocycles. The van der Waals surface area contributed by atoms with Gasteiger partial charge in [-0.1, -0.05) is 0 Å². The van der Waals surface area contributed by atoms with Gasteiger partial charge in [-0.05, 0) is 44.1 Å². The highest BCUT2D eigenvalue weighted by Crippen LogP contribution is 2.14. The molecule has 0 spiro atoms. The lowest BCUT2D eigenvalue weighted by Gasteiger charge is -2.13. The molecule has 0 aromatic carbocycles. The Bertz CT molecular complexity index is 455. The first-order chi connectivity index (χ1) is 7.42. The Hall–Kier alpha value is -1.35. The molecule has 0 amide bonds. The fraction of sp³-hybridized carbons (Fsp3) is 0.417. The van der Waals surface area contributed by atoms with E-state index in [1.54, 1.807) is 0 Å². The van der Waals surface area contributed by atoms with Crippen molar-refractivity contribution in [3.05, 3.63) is 30.1 Å². The minimum absolute atomic E-state index is 0.995. The maximum Gasteiger partial charge on any atom is 0.137 e. The zero-order valence-corrected chi connectivity index (χ0v) is 8.74. The largest absolute Gasteiger partial charge is 0.346 e. The van der Waals surface area contributed by atoms with Crippen LogP contribution in [0.25, 0.3) is 11.0 Å².